The van der Waals surface area contributed by atoms with Crippen LogP contribution in [-0.2, 0) is 24.9 Å². The number of rotatable bonds is 8. The van der Waals surface area contributed by atoms with Crippen LogP contribution >= 0.6 is 11.3 Å². The van der Waals surface area contributed by atoms with Crippen molar-refractivity contribution in [1.29, 1.82) is 0 Å². The average molecular weight is 408 g/mol. The quantitative estimate of drug-likeness (QED) is 0.568. The monoisotopic (exact) mass is 407 g/mol. The van der Waals surface area contributed by atoms with Crippen molar-refractivity contribution in [3.63, 3.8) is 0 Å². The van der Waals surface area contributed by atoms with E-state index in [1.165, 1.54) is 11.3 Å². The first-order chi connectivity index (χ1) is 14.1. The Morgan fingerprint density at radius 3 is 2.45 bits per heavy atom. The van der Waals surface area contributed by atoms with E-state index in [-0.39, 0.29) is 24.4 Å². The van der Waals surface area contributed by atoms with E-state index < -0.39 is 0 Å². The minimum absolute atomic E-state index is 0.0214. The highest BCUT2D eigenvalue weighted by molar-refractivity contribution is 7.12. The minimum Gasteiger partial charge on any atom is -0.353 e. The summed E-state index contributed by atoms with van der Waals surface area (Å²) in [5.74, 6) is -0.0544. The molecule has 0 spiro atoms. The molecule has 2 amide bonds. The van der Waals surface area contributed by atoms with Crippen LogP contribution in [0.15, 0.2) is 66.2 Å². The third-order valence-corrected chi connectivity index (χ3v) is 6.12. The number of hydrogen-bond acceptors (Lipinski definition) is 3. The van der Waals surface area contributed by atoms with Crippen LogP contribution in [0.1, 0.15) is 33.8 Å². The Kier molecular flexibility index (Phi) is 5.81. The third-order valence-electron chi connectivity index (χ3n) is 5.26. The summed E-state index contributed by atoms with van der Waals surface area (Å²) in [5, 5.41) is 1.90. The summed E-state index contributed by atoms with van der Waals surface area (Å²) in [6, 6.07) is 17.9. The van der Waals surface area contributed by atoms with E-state index in [4.69, 9.17) is 0 Å². The summed E-state index contributed by atoms with van der Waals surface area (Å²) in [7, 11) is 1.98. The van der Waals surface area contributed by atoms with Crippen LogP contribution in [0.25, 0.3) is 0 Å². The van der Waals surface area contributed by atoms with E-state index in [0.717, 1.165) is 24.1 Å². The maximum absolute atomic E-state index is 13.3. The number of nitrogens with zero attached hydrogens (tertiary/aromatic N) is 3. The van der Waals surface area contributed by atoms with E-state index in [0.29, 0.717) is 18.0 Å². The lowest BCUT2D eigenvalue weighted by Crippen LogP contribution is -2.43. The van der Waals surface area contributed by atoms with E-state index in [1.807, 2.05) is 82.7 Å². The first-order valence-corrected chi connectivity index (χ1v) is 10.8. The van der Waals surface area contributed by atoms with Gasteiger partial charge in [0.15, 0.2) is 0 Å². The first-order valence-electron chi connectivity index (χ1n) is 9.88. The summed E-state index contributed by atoms with van der Waals surface area (Å²) in [5.41, 5.74) is 2.15. The SMILES string of the molecule is Cn1cccc1CN(Cc1ccccc1)C(=O)CN(C(=O)c1cccs1)C1CC1. The van der Waals surface area contributed by atoms with Gasteiger partial charge in [0.1, 0.15) is 6.54 Å². The second-order valence-corrected chi connectivity index (χ2v) is 8.44. The van der Waals surface area contributed by atoms with Crippen LogP contribution in [0.4, 0.5) is 0 Å². The lowest BCUT2D eigenvalue weighted by atomic mass is 10.2. The van der Waals surface area contributed by atoms with Gasteiger partial charge in [-0.1, -0.05) is 36.4 Å². The number of carbonyl (C=O) groups is 2. The van der Waals surface area contributed by atoms with Gasteiger partial charge in [-0.2, -0.15) is 0 Å². The zero-order valence-corrected chi connectivity index (χ0v) is 17.3. The van der Waals surface area contributed by atoms with Crippen molar-refractivity contribution in [2.45, 2.75) is 32.0 Å². The minimum atomic E-state index is -0.0330. The fourth-order valence-electron chi connectivity index (χ4n) is 3.43. The molecule has 29 heavy (non-hydrogen) atoms. The normalized spacial score (nSPS) is 13.3. The molecule has 4 rings (SSSR count). The van der Waals surface area contributed by atoms with Gasteiger partial charge in [-0.05, 0) is 42.0 Å². The zero-order valence-electron chi connectivity index (χ0n) is 16.5. The number of aryl methyl sites for hydroxylation is 1. The van der Waals surface area contributed by atoms with Gasteiger partial charge in [0.2, 0.25) is 5.91 Å². The second-order valence-electron chi connectivity index (χ2n) is 7.49. The van der Waals surface area contributed by atoms with Gasteiger partial charge in [-0.3, -0.25) is 9.59 Å². The average Bonchev–Trinajstić information content (AvgIpc) is 3.26. The number of benzene rings is 1. The maximum atomic E-state index is 13.3. The Morgan fingerprint density at radius 1 is 1.03 bits per heavy atom. The largest absolute Gasteiger partial charge is 0.353 e. The van der Waals surface area contributed by atoms with Crippen molar-refractivity contribution >= 4 is 23.2 Å². The Hall–Kier alpha value is -2.86. The molecule has 0 saturated heterocycles. The molecule has 1 aromatic carbocycles. The molecule has 5 nitrogen and oxygen atoms in total. The lowest BCUT2D eigenvalue weighted by Gasteiger charge is -2.28. The van der Waals surface area contributed by atoms with E-state index >= 15 is 0 Å². The van der Waals surface area contributed by atoms with Gasteiger partial charge in [-0.25, -0.2) is 0 Å². The van der Waals surface area contributed by atoms with Crippen molar-refractivity contribution < 1.29 is 9.59 Å². The van der Waals surface area contributed by atoms with Gasteiger partial charge < -0.3 is 14.4 Å². The Labute approximate surface area is 175 Å². The molecule has 0 atom stereocenters. The van der Waals surface area contributed by atoms with Crippen LogP contribution < -0.4 is 0 Å². The molecule has 2 aromatic heterocycles. The topological polar surface area (TPSA) is 45.6 Å². The van der Waals surface area contributed by atoms with Crippen LogP contribution in [-0.4, -0.2) is 38.8 Å². The Balaban J connectivity index is 1.53. The molecule has 1 fully saturated rings. The number of aromatic nitrogens is 1. The molecule has 3 aromatic rings. The van der Waals surface area contributed by atoms with Gasteiger partial charge in [0, 0.05) is 31.5 Å². The number of hydrogen-bond donors (Lipinski definition) is 0. The maximum Gasteiger partial charge on any atom is 0.264 e. The van der Waals surface area contributed by atoms with E-state index in [1.54, 1.807) is 4.90 Å². The number of carbonyl (C=O) groups excluding carboxylic acids is 2. The Bertz CT molecular complexity index is 961. The van der Waals surface area contributed by atoms with Gasteiger partial charge >= 0.3 is 0 Å². The standard InChI is InChI=1S/C23H25N3O2S/c1-24-13-5-9-20(24)16-25(15-18-7-3-2-4-8-18)22(27)17-26(19-11-12-19)23(28)21-10-6-14-29-21/h2-10,13-14,19H,11-12,15-17H2,1H3. The van der Waals surface area contributed by atoms with Crippen molar-refractivity contribution in [1.82, 2.24) is 14.4 Å². The summed E-state index contributed by atoms with van der Waals surface area (Å²) >= 11 is 1.43. The summed E-state index contributed by atoms with van der Waals surface area (Å²) in [6.07, 6.45) is 3.93. The second kappa shape index (κ2) is 8.66. The van der Waals surface area contributed by atoms with E-state index in [9.17, 15) is 9.59 Å². The predicted octanol–water partition coefficient (Wildman–Crippen LogP) is 3.92. The van der Waals surface area contributed by atoms with Crippen molar-refractivity contribution in [2.24, 2.45) is 7.05 Å². The molecule has 1 aliphatic carbocycles. The third kappa shape index (κ3) is 4.77. The molecule has 1 aliphatic rings. The highest BCUT2D eigenvalue weighted by Crippen LogP contribution is 2.29. The molecule has 6 heteroatoms. The smallest absolute Gasteiger partial charge is 0.264 e. The molecule has 2 heterocycles. The van der Waals surface area contributed by atoms with Gasteiger partial charge in [0.05, 0.1) is 11.4 Å². The highest BCUT2D eigenvalue weighted by atomic mass is 32.1. The van der Waals surface area contributed by atoms with E-state index in [2.05, 4.69) is 0 Å². The molecular formula is C23H25N3O2S. The van der Waals surface area contributed by atoms with Crippen molar-refractivity contribution in [3.8, 4) is 0 Å². The molecule has 0 N–H and O–H groups in total. The fourth-order valence-corrected chi connectivity index (χ4v) is 4.11. The van der Waals surface area contributed by atoms with Gasteiger partial charge in [0.25, 0.3) is 5.91 Å². The summed E-state index contributed by atoms with van der Waals surface area (Å²) < 4.78 is 2.03. The zero-order chi connectivity index (χ0) is 20.2. The molecule has 0 bridgehead atoms. The van der Waals surface area contributed by atoms with Crippen LogP contribution in [0.3, 0.4) is 0 Å². The highest BCUT2D eigenvalue weighted by Gasteiger charge is 2.35. The molecular weight excluding hydrogens is 382 g/mol. The van der Waals surface area contributed by atoms with Crippen molar-refractivity contribution in [2.75, 3.05) is 6.54 Å². The number of thiophene rings is 1. The molecule has 0 radical (unpaired) electrons. The molecule has 0 aliphatic heterocycles. The summed E-state index contributed by atoms with van der Waals surface area (Å²) in [4.78, 5) is 30.6. The van der Waals surface area contributed by atoms with Gasteiger partial charge in [-0.15, -0.1) is 11.3 Å². The van der Waals surface area contributed by atoms with Crippen LogP contribution in [0, 0.1) is 0 Å². The lowest BCUT2D eigenvalue weighted by molar-refractivity contribution is -0.133. The molecule has 150 valence electrons. The first kappa shape index (κ1) is 19.5. The summed E-state index contributed by atoms with van der Waals surface area (Å²) in [6.45, 7) is 1.16. The Morgan fingerprint density at radius 2 is 1.83 bits per heavy atom. The predicted molar refractivity (Wildman–Crippen MR) is 114 cm³/mol. The van der Waals surface area contributed by atoms with Crippen LogP contribution in [0.2, 0.25) is 0 Å². The number of amides is 2. The molecule has 0 unspecified atom stereocenters. The van der Waals surface area contributed by atoms with Crippen LogP contribution in [0.5, 0.6) is 0 Å². The van der Waals surface area contributed by atoms with Crippen molar-refractivity contribution in [3.05, 3.63) is 82.3 Å². The fraction of sp³-hybridized carbons (Fsp3) is 0.304. The molecule has 1 saturated carbocycles.